The van der Waals surface area contributed by atoms with Crippen molar-refractivity contribution in [3.05, 3.63) is 48.0 Å². The van der Waals surface area contributed by atoms with E-state index < -0.39 is 0 Å². The molecule has 0 fully saturated rings. The third-order valence-corrected chi connectivity index (χ3v) is 3.76. The summed E-state index contributed by atoms with van der Waals surface area (Å²) in [6.45, 7) is 4.97. The van der Waals surface area contributed by atoms with E-state index in [1.165, 1.54) is 0 Å². The minimum Gasteiger partial charge on any atom is -0.493 e. The summed E-state index contributed by atoms with van der Waals surface area (Å²) in [6, 6.07) is 12.6. The van der Waals surface area contributed by atoms with Gasteiger partial charge < -0.3 is 25.4 Å². The summed E-state index contributed by atoms with van der Waals surface area (Å²) in [5, 5.41) is 9.06. The number of methoxy groups -OCH3 is 1. The van der Waals surface area contributed by atoms with Crippen LogP contribution in [0.2, 0.25) is 0 Å². The second-order valence-corrected chi connectivity index (χ2v) is 5.89. The number of guanidine groups is 1. The number of hydrogen-bond acceptors (Lipinski definition) is 4. The highest BCUT2D eigenvalue weighted by atomic mass is 127. The number of terminal acetylenes is 1. The maximum absolute atomic E-state index is 12.2. The van der Waals surface area contributed by atoms with E-state index in [9.17, 15) is 4.79 Å². The van der Waals surface area contributed by atoms with E-state index in [0.29, 0.717) is 41.9 Å². The Kier molecular flexibility index (Phi) is 11.1. The van der Waals surface area contributed by atoms with E-state index >= 15 is 0 Å². The average Bonchev–Trinajstić information content (AvgIpc) is 2.73. The Morgan fingerprint density at radius 2 is 1.87 bits per heavy atom. The highest BCUT2D eigenvalue weighted by Gasteiger charge is 2.08. The maximum atomic E-state index is 12.2. The summed E-state index contributed by atoms with van der Waals surface area (Å²) in [4.78, 5) is 16.6. The SMILES string of the molecule is C#Cc1cccc(NC(=O)CN=C(NCC)Nc2ccc(OC)c(OCC)c2)c1.I. The highest BCUT2D eigenvalue weighted by Crippen LogP contribution is 2.30. The lowest BCUT2D eigenvalue weighted by Crippen LogP contribution is -2.31. The number of carbonyl (C=O) groups is 1. The lowest BCUT2D eigenvalue weighted by atomic mass is 10.2. The van der Waals surface area contributed by atoms with Gasteiger partial charge in [0.25, 0.3) is 0 Å². The lowest BCUT2D eigenvalue weighted by molar-refractivity contribution is -0.114. The van der Waals surface area contributed by atoms with Crippen LogP contribution in [0, 0.1) is 12.3 Å². The molecule has 30 heavy (non-hydrogen) atoms. The van der Waals surface area contributed by atoms with Crippen LogP contribution in [0.1, 0.15) is 19.4 Å². The van der Waals surface area contributed by atoms with E-state index in [-0.39, 0.29) is 36.4 Å². The number of aliphatic imine (C=N–C) groups is 1. The molecule has 0 radical (unpaired) electrons. The van der Waals surface area contributed by atoms with Crippen molar-refractivity contribution in [3.8, 4) is 23.8 Å². The molecule has 7 nitrogen and oxygen atoms in total. The van der Waals surface area contributed by atoms with E-state index in [4.69, 9.17) is 15.9 Å². The topological polar surface area (TPSA) is 84.0 Å². The minimum absolute atomic E-state index is 0. The Morgan fingerprint density at radius 1 is 1.10 bits per heavy atom. The van der Waals surface area contributed by atoms with Gasteiger partial charge in [0.2, 0.25) is 5.91 Å². The van der Waals surface area contributed by atoms with Gasteiger partial charge in [0.1, 0.15) is 6.54 Å². The van der Waals surface area contributed by atoms with Crippen molar-refractivity contribution in [2.24, 2.45) is 4.99 Å². The van der Waals surface area contributed by atoms with E-state index in [2.05, 4.69) is 26.9 Å². The van der Waals surface area contributed by atoms with Gasteiger partial charge in [0.05, 0.1) is 13.7 Å². The van der Waals surface area contributed by atoms with Crippen LogP contribution in [0.25, 0.3) is 0 Å². The third kappa shape index (κ3) is 7.83. The number of ether oxygens (including phenoxy) is 2. The lowest BCUT2D eigenvalue weighted by Gasteiger charge is -2.14. The number of amides is 1. The predicted molar refractivity (Wildman–Crippen MR) is 132 cm³/mol. The summed E-state index contributed by atoms with van der Waals surface area (Å²) < 4.78 is 10.9. The molecular formula is C22H27IN4O3. The Balaban J connectivity index is 0.00000450. The smallest absolute Gasteiger partial charge is 0.246 e. The fraction of sp³-hybridized carbons (Fsp3) is 0.273. The van der Waals surface area contributed by atoms with Crippen LogP contribution >= 0.6 is 24.0 Å². The first-order valence-electron chi connectivity index (χ1n) is 9.32. The van der Waals surface area contributed by atoms with Crippen LogP contribution in [-0.4, -0.2) is 38.7 Å². The molecule has 3 N–H and O–H groups in total. The van der Waals surface area contributed by atoms with Gasteiger partial charge in [-0.25, -0.2) is 4.99 Å². The average molecular weight is 522 g/mol. The molecule has 0 saturated heterocycles. The number of nitrogens with zero attached hydrogens (tertiary/aromatic N) is 1. The summed E-state index contributed by atoms with van der Waals surface area (Å²) in [5.74, 6) is 4.04. The van der Waals surface area contributed by atoms with Gasteiger partial charge >= 0.3 is 0 Å². The van der Waals surface area contributed by atoms with Gasteiger partial charge in [-0.3, -0.25) is 4.79 Å². The largest absolute Gasteiger partial charge is 0.493 e. The van der Waals surface area contributed by atoms with Gasteiger partial charge in [-0.2, -0.15) is 0 Å². The molecule has 160 valence electrons. The summed E-state index contributed by atoms with van der Waals surface area (Å²) >= 11 is 0. The van der Waals surface area contributed by atoms with Crippen molar-refractivity contribution in [1.29, 1.82) is 0 Å². The number of benzene rings is 2. The number of carbonyl (C=O) groups excluding carboxylic acids is 1. The van der Waals surface area contributed by atoms with Crippen LogP contribution < -0.4 is 25.4 Å². The van der Waals surface area contributed by atoms with Crippen molar-refractivity contribution in [2.75, 3.05) is 37.4 Å². The summed E-state index contributed by atoms with van der Waals surface area (Å²) in [5.41, 5.74) is 2.09. The molecule has 0 aromatic heterocycles. The zero-order valence-electron chi connectivity index (χ0n) is 17.3. The fourth-order valence-corrected chi connectivity index (χ4v) is 2.50. The van der Waals surface area contributed by atoms with Crippen LogP contribution in [0.5, 0.6) is 11.5 Å². The molecule has 8 heteroatoms. The number of halogens is 1. The first-order chi connectivity index (χ1) is 14.1. The second kappa shape index (κ2) is 13.3. The van der Waals surface area contributed by atoms with Crippen LogP contribution in [-0.2, 0) is 4.79 Å². The fourth-order valence-electron chi connectivity index (χ4n) is 2.50. The summed E-state index contributed by atoms with van der Waals surface area (Å²) in [7, 11) is 1.59. The number of nitrogens with one attached hydrogen (secondary N) is 3. The Labute approximate surface area is 194 Å². The molecule has 0 spiro atoms. The number of hydrogen-bond donors (Lipinski definition) is 3. The third-order valence-electron chi connectivity index (χ3n) is 3.76. The van der Waals surface area contributed by atoms with Crippen molar-refractivity contribution in [1.82, 2.24) is 5.32 Å². The number of rotatable bonds is 8. The Morgan fingerprint density at radius 3 is 2.53 bits per heavy atom. The standard InChI is InChI=1S/C22H26N4O3.HI/c1-5-16-9-8-10-17(13-16)25-21(27)15-24-22(23-6-2)26-18-11-12-19(28-4)20(14-18)29-7-3;/h1,8-14H,6-7,15H2,2-4H3,(H,25,27)(H2,23,24,26);1H. The molecular weight excluding hydrogens is 495 g/mol. The second-order valence-electron chi connectivity index (χ2n) is 5.89. The minimum atomic E-state index is -0.249. The van der Waals surface area contributed by atoms with Crippen molar-refractivity contribution in [3.63, 3.8) is 0 Å². The zero-order valence-corrected chi connectivity index (χ0v) is 19.7. The first-order valence-corrected chi connectivity index (χ1v) is 9.32. The van der Waals surface area contributed by atoms with E-state index in [1.807, 2.05) is 32.0 Å². The van der Waals surface area contributed by atoms with Gasteiger partial charge in [0.15, 0.2) is 17.5 Å². The van der Waals surface area contributed by atoms with Crippen LogP contribution in [0.3, 0.4) is 0 Å². The first kappa shape index (κ1) is 25.1. The van der Waals surface area contributed by atoms with E-state index in [0.717, 1.165) is 5.69 Å². The molecule has 1 amide bonds. The van der Waals surface area contributed by atoms with Gasteiger partial charge in [-0.1, -0.05) is 12.0 Å². The van der Waals surface area contributed by atoms with E-state index in [1.54, 1.807) is 31.4 Å². The molecule has 0 saturated carbocycles. The monoisotopic (exact) mass is 522 g/mol. The molecule has 0 heterocycles. The summed E-state index contributed by atoms with van der Waals surface area (Å²) in [6.07, 6.45) is 5.38. The van der Waals surface area contributed by atoms with Crippen LogP contribution in [0.15, 0.2) is 47.5 Å². The molecule has 2 rings (SSSR count). The number of anilines is 2. The van der Waals surface area contributed by atoms with Gasteiger partial charge in [-0.15, -0.1) is 30.4 Å². The quantitative estimate of drug-likeness (QED) is 0.213. The Hall–Kier alpha value is -2.93. The highest BCUT2D eigenvalue weighted by molar-refractivity contribution is 14.0. The Bertz CT molecular complexity index is 909. The normalized spacial score (nSPS) is 10.3. The molecule has 0 bridgehead atoms. The molecule has 0 aliphatic heterocycles. The predicted octanol–water partition coefficient (Wildman–Crippen LogP) is 3.71. The van der Waals surface area contributed by atoms with Crippen LogP contribution in [0.4, 0.5) is 11.4 Å². The molecule has 0 unspecified atom stereocenters. The van der Waals surface area contributed by atoms with Crippen molar-refractivity contribution >= 4 is 47.2 Å². The van der Waals surface area contributed by atoms with Crippen molar-refractivity contribution < 1.29 is 14.3 Å². The molecule has 2 aromatic rings. The molecule has 0 aliphatic carbocycles. The molecule has 2 aromatic carbocycles. The van der Waals surface area contributed by atoms with Gasteiger partial charge in [-0.05, 0) is 44.2 Å². The zero-order chi connectivity index (χ0) is 21.1. The van der Waals surface area contributed by atoms with Gasteiger partial charge in [0, 0.05) is 29.5 Å². The maximum Gasteiger partial charge on any atom is 0.246 e. The molecule has 0 atom stereocenters. The van der Waals surface area contributed by atoms with Crippen molar-refractivity contribution in [2.45, 2.75) is 13.8 Å². The molecule has 0 aliphatic rings.